The van der Waals surface area contributed by atoms with Crippen LogP contribution >= 0.6 is 0 Å². The van der Waals surface area contributed by atoms with Crippen molar-refractivity contribution in [2.24, 2.45) is 17.6 Å². The molecule has 1 saturated carbocycles. The van der Waals surface area contributed by atoms with Gasteiger partial charge in [0.25, 0.3) is 0 Å². The highest BCUT2D eigenvalue weighted by Crippen LogP contribution is 2.44. The first-order valence-electron chi connectivity index (χ1n) is 6.05. The second kappa shape index (κ2) is 3.84. The van der Waals surface area contributed by atoms with E-state index in [1.807, 2.05) is 13.8 Å². The molecule has 2 amide bonds. The zero-order chi connectivity index (χ0) is 11.9. The van der Waals surface area contributed by atoms with Crippen molar-refractivity contribution in [1.29, 1.82) is 0 Å². The van der Waals surface area contributed by atoms with Crippen LogP contribution in [0.2, 0.25) is 0 Å². The predicted octanol–water partition coefficient (Wildman–Crippen LogP) is 0.899. The summed E-state index contributed by atoms with van der Waals surface area (Å²) in [5.74, 6) is 0.517. The first-order chi connectivity index (χ1) is 7.49. The Hall–Kier alpha value is -0.900. The first kappa shape index (κ1) is 11.6. The molecule has 16 heavy (non-hydrogen) atoms. The van der Waals surface area contributed by atoms with Crippen molar-refractivity contribution in [3.8, 4) is 0 Å². The van der Waals surface area contributed by atoms with Crippen molar-refractivity contribution in [2.45, 2.75) is 45.1 Å². The molecule has 1 aliphatic carbocycles. The predicted molar refractivity (Wildman–Crippen MR) is 60.4 cm³/mol. The van der Waals surface area contributed by atoms with Gasteiger partial charge in [0, 0.05) is 19.4 Å². The second-order valence-electron chi connectivity index (χ2n) is 5.47. The summed E-state index contributed by atoms with van der Waals surface area (Å²) in [5.41, 5.74) is 5.36. The fourth-order valence-electron chi connectivity index (χ4n) is 2.71. The number of nitrogens with two attached hydrogens (primary N) is 1. The molecule has 4 nitrogen and oxygen atoms in total. The highest BCUT2D eigenvalue weighted by atomic mass is 16.2. The molecule has 90 valence electrons. The molecule has 0 aromatic carbocycles. The van der Waals surface area contributed by atoms with E-state index in [4.69, 9.17) is 5.73 Å². The molecule has 0 radical (unpaired) electrons. The zero-order valence-electron chi connectivity index (χ0n) is 10.0. The molecule has 1 unspecified atom stereocenters. The Morgan fingerprint density at radius 2 is 1.81 bits per heavy atom. The van der Waals surface area contributed by atoms with Gasteiger partial charge in [0.15, 0.2) is 0 Å². The molecule has 1 heterocycles. The van der Waals surface area contributed by atoms with E-state index >= 15 is 0 Å². The van der Waals surface area contributed by atoms with Crippen molar-refractivity contribution in [1.82, 2.24) is 4.90 Å². The first-order valence-corrected chi connectivity index (χ1v) is 6.05. The number of imide groups is 1. The molecule has 0 aromatic heterocycles. The molecular weight excluding hydrogens is 204 g/mol. The number of amides is 2. The molecule has 2 rings (SSSR count). The summed E-state index contributed by atoms with van der Waals surface area (Å²) in [4.78, 5) is 25.5. The van der Waals surface area contributed by atoms with Crippen LogP contribution in [-0.4, -0.2) is 28.8 Å². The minimum absolute atomic E-state index is 0.0383. The summed E-state index contributed by atoms with van der Waals surface area (Å²) in [7, 11) is 0. The third-order valence-electron chi connectivity index (χ3n) is 3.93. The third-order valence-corrected chi connectivity index (χ3v) is 3.93. The molecular formula is C12H20N2O2. The number of carbonyl (C=O) groups is 2. The molecule has 2 aliphatic rings. The number of hydrogen-bond donors (Lipinski definition) is 1. The van der Waals surface area contributed by atoms with Crippen LogP contribution in [0.5, 0.6) is 0 Å². The minimum atomic E-state index is -0.436. The van der Waals surface area contributed by atoms with Gasteiger partial charge in [0.05, 0.1) is 5.54 Å². The van der Waals surface area contributed by atoms with Gasteiger partial charge in [-0.3, -0.25) is 14.5 Å². The standard InChI is InChI=1S/C12H20N2O2/c1-8-5-10(15)14(11(16)6-8)12(2,7-13)9-3-4-9/h8-9H,3-7,13H2,1-2H3. The Kier molecular flexibility index (Phi) is 2.78. The van der Waals surface area contributed by atoms with Crippen LogP contribution in [0.25, 0.3) is 0 Å². The van der Waals surface area contributed by atoms with Gasteiger partial charge in [-0.2, -0.15) is 0 Å². The van der Waals surface area contributed by atoms with Crippen LogP contribution in [0.4, 0.5) is 0 Å². The normalized spacial score (nSPS) is 27.1. The molecule has 0 aromatic rings. The number of carbonyl (C=O) groups excluding carboxylic acids is 2. The molecule has 1 saturated heterocycles. The lowest BCUT2D eigenvalue weighted by atomic mass is 9.88. The maximum absolute atomic E-state index is 12.0. The lowest BCUT2D eigenvalue weighted by molar-refractivity contribution is -0.157. The highest BCUT2D eigenvalue weighted by molar-refractivity contribution is 5.98. The summed E-state index contributed by atoms with van der Waals surface area (Å²) in [6, 6.07) is 0. The van der Waals surface area contributed by atoms with Crippen molar-refractivity contribution < 1.29 is 9.59 Å². The van der Waals surface area contributed by atoms with Crippen LogP contribution in [0, 0.1) is 11.8 Å². The van der Waals surface area contributed by atoms with Crippen LogP contribution in [-0.2, 0) is 9.59 Å². The van der Waals surface area contributed by atoms with E-state index in [0.717, 1.165) is 12.8 Å². The van der Waals surface area contributed by atoms with E-state index in [0.29, 0.717) is 25.3 Å². The molecule has 4 heteroatoms. The number of nitrogens with zero attached hydrogens (tertiary/aromatic N) is 1. The van der Waals surface area contributed by atoms with E-state index in [1.165, 1.54) is 4.90 Å². The van der Waals surface area contributed by atoms with Gasteiger partial charge in [0.2, 0.25) is 11.8 Å². The minimum Gasteiger partial charge on any atom is -0.328 e. The fourth-order valence-corrected chi connectivity index (χ4v) is 2.71. The van der Waals surface area contributed by atoms with Gasteiger partial charge in [-0.25, -0.2) is 0 Å². The van der Waals surface area contributed by atoms with Gasteiger partial charge in [-0.05, 0) is 31.6 Å². The molecule has 2 N–H and O–H groups in total. The van der Waals surface area contributed by atoms with Gasteiger partial charge in [-0.1, -0.05) is 6.92 Å². The Balaban J connectivity index is 2.23. The summed E-state index contributed by atoms with van der Waals surface area (Å²) in [6.07, 6.45) is 3.13. The summed E-state index contributed by atoms with van der Waals surface area (Å²) in [6.45, 7) is 4.28. The van der Waals surface area contributed by atoms with Crippen LogP contribution in [0.3, 0.4) is 0 Å². The van der Waals surface area contributed by atoms with Crippen molar-refractivity contribution in [2.75, 3.05) is 6.54 Å². The molecule has 1 aliphatic heterocycles. The summed E-state index contributed by atoms with van der Waals surface area (Å²) >= 11 is 0. The summed E-state index contributed by atoms with van der Waals surface area (Å²) < 4.78 is 0. The van der Waals surface area contributed by atoms with E-state index < -0.39 is 5.54 Å². The van der Waals surface area contributed by atoms with Crippen LogP contribution in [0.15, 0.2) is 0 Å². The number of rotatable bonds is 3. The van der Waals surface area contributed by atoms with E-state index in [1.54, 1.807) is 0 Å². The maximum Gasteiger partial charge on any atom is 0.230 e. The Morgan fingerprint density at radius 1 is 1.31 bits per heavy atom. The van der Waals surface area contributed by atoms with Gasteiger partial charge in [-0.15, -0.1) is 0 Å². The van der Waals surface area contributed by atoms with Gasteiger partial charge >= 0.3 is 0 Å². The van der Waals surface area contributed by atoms with Gasteiger partial charge < -0.3 is 5.73 Å². The lowest BCUT2D eigenvalue weighted by Crippen LogP contribution is -2.60. The Bertz CT molecular complexity index is 307. The van der Waals surface area contributed by atoms with E-state index in [9.17, 15) is 9.59 Å². The Morgan fingerprint density at radius 3 is 2.19 bits per heavy atom. The zero-order valence-corrected chi connectivity index (χ0v) is 10.0. The van der Waals surface area contributed by atoms with Crippen molar-refractivity contribution in [3.05, 3.63) is 0 Å². The topological polar surface area (TPSA) is 63.4 Å². The quantitative estimate of drug-likeness (QED) is 0.724. The monoisotopic (exact) mass is 224 g/mol. The second-order valence-corrected chi connectivity index (χ2v) is 5.47. The number of piperidine rings is 1. The Labute approximate surface area is 96.2 Å². The van der Waals surface area contributed by atoms with E-state index in [-0.39, 0.29) is 17.7 Å². The maximum atomic E-state index is 12.0. The molecule has 0 bridgehead atoms. The smallest absolute Gasteiger partial charge is 0.230 e. The highest BCUT2D eigenvalue weighted by Gasteiger charge is 2.50. The molecule has 1 atom stereocenters. The molecule has 2 fully saturated rings. The average molecular weight is 224 g/mol. The molecule has 0 spiro atoms. The lowest BCUT2D eigenvalue weighted by Gasteiger charge is -2.42. The largest absolute Gasteiger partial charge is 0.328 e. The van der Waals surface area contributed by atoms with Crippen molar-refractivity contribution >= 4 is 11.8 Å². The number of hydrogen-bond acceptors (Lipinski definition) is 3. The number of likely N-dealkylation sites (tertiary alicyclic amines) is 1. The SMILES string of the molecule is CC1CC(=O)N(C(C)(CN)C2CC2)C(=O)C1. The fraction of sp³-hybridized carbons (Fsp3) is 0.833. The van der Waals surface area contributed by atoms with E-state index in [2.05, 4.69) is 0 Å². The van der Waals surface area contributed by atoms with Gasteiger partial charge in [0.1, 0.15) is 0 Å². The van der Waals surface area contributed by atoms with Crippen molar-refractivity contribution in [3.63, 3.8) is 0 Å². The third kappa shape index (κ3) is 1.75. The average Bonchev–Trinajstić information content (AvgIpc) is 2.98. The van der Waals surface area contributed by atoms with Crippen LogP contribution < -0.4 is 5.73 Å². The summed E-state index contributed by atoms with van der Waals surface area (Å²) in [5, 5.41) is 0. The van der Waals surface area contributed by atoms with Crippen LogP contribution in [0.1, 0.15) is 39.5 Å².